The third-order valence-electron chi connectivity index (χ3n) is 12.7. The first-order valence-corrected chi connectivity index (χ1v) is 25.4. The van der Waals surface area contributed by atoms with Gasteiger partial charge in [-0.25, -0.2) is 19.3 Å². The zero-order chi connectivity index (χ0) is 50.4. The van der Waals surface area contributed by atoms with E-state index < -0.39 is 0 Å². The van der Waals surface area contributed by atoms with Crippen LogP contribution in [0.15, 0.2) is 134 Å². The number of ether oxygens (including phenoxy) is 4. The molecule has 0 unspecified atom stereocenters. The van der Waals surface area contributed by atoms with Crippen LogP contribution in [0.3, 0.4) is 0 Å². The molecule has 0 aliphatic carbocycles. The maximum Gasteiger partial charge on any atom is 0.153 e. The fourth-order valence-corrected chi connectivity index (χ4v) is 8.95. The zero-order valence-electron chi connectivity index (χ0n) is 42.2. The maximum absolute atomic E-state index is 6.99. The van der Waals surface area contributed by atoms with Crippen LogP contribution in [-0.2, 0) is 39.5 Å². The molecule has 0 saturated carbocycles. The fraction of sp³-hybridized carbons (Fsp3) is 0.310. The Kier molecular flexibility index (Phi) is 18.0. The quantitative estimate of drug-likeness (QED) is 0.0550. The highest BCUT2D eigenvalue weighted by Crippen LogP contribution is 2.38. The van der Waals surface area contributed by atoms with E-state index in [0.29, 0.717) is 61.1 Å². The van der Waals surface area contributed by atoms with Crippen LogP contribution in [0.2, 0.25) is 10.0 Å². The number of rotatable bonds is 25. The monoisotopic (exact) mass is 1010 g/mol. The van der Waals surface area contributed by atoms with Crippen molar-refractivity contribution in [2.24, 2.45) is 0 Å². The number of nitrogens with zero attached hydrogens (tertiary/aromatic N) is 8. The average molecular weight is 1010 g/mol. The number of hydrogen-bond acceptors (Lipinski definition) is 10. The molecular weight excluding hydrogens is 944 g/mol. The Morgan fingerprint density at radius 2 is 0.931 bits per heavy atom. The molecule has 0 radical (unpaired) electrons. The van der Waals surface area contributed by atoms with E-state index in [9.17, 15) is 0 Å². The molecule has 12 nitrogen and oxygen atoms in total. The van der Waals surface area contributed by atoms with Crippen LogP contribution in [0.1, 0.15) is 84.0 Å². The zero-order valence-corrected chi connectivity index (χ0v) is 43.7. The van der Waals surface area contributed by atoms with Crippen molar-refractivity contribution in [1.29, 1.82) is 0 Å². The normalized spacial score (nSPS) is 11.4. The van der Waals surface area contributed by atoms with Gasteiger partial charge in [0.1, 0.15) is 49.4 Å². The van der Waals surface area contributed by atoms with E-state index in [0.717, 1.165) is 118 Å². The Morgan fingerprint density at radius 1 is 0.500 bits per heavy atom. The van der Waals surface area contributed by atoms with Gasteiger partial charge in [0.2, 0.25) is 0 Å². The Hall–Kier alpha value is -6.70. The van der Waals surface area contributed by atoms with Crippen molar-refractivity contribution in [1.82, 2.24) is 39.3 Å². The van der Waals surface area contributed by atoms with Crippen molar-refractivity contribution >= 4 is 23.2 Å². The second-order valence-electron chi connectivity index (χ2n) is 18.2. The van der Waals surface area contributed by atoms with Crippen molar-refractivity contribution < 1.29 is 18.9 Å². The first-order valence-electron chi connectivity index (χ1n) is 24.7. The van der Waals surface area contributed by atoms with Gasteiger partial charge in [0.15, 0.2) is 11.6 Å². The lowest BCUT2D eigenvalue weighted by Crippen LogP contribution is -2.19. The number of halogens is 2. The molecule has 72 heavy (non-hydrogen) atoms. The summed E-state index contributed by atoms with van der Waals surface area (Å²) in [6, 6.07) is 32.1. The smallest absolute Gasteiger partial charge is 0.153 e. The molecule has 0 fully saturated rings. The number of benzene rings is 4. The summed E-state index contributed by atoms with van der Waals surface area (Å²) in [5, 5.41) is 9.64. The SMILES string of the molecule is CCCCN(C)Cc1cc(Cl)c(OCc2cccc(-c3cccc(COc4cc(OCc5ccc(-n6cccn6)nc5)c(CN(C)CCCC)cc4Cl)c3C)c2C)cc1OCc1ccc(-n2cccn2)nc1. The summed E-state index contributed by atoms with van der Waals surface area (Å²) < 4.78 is 29.5. The van der Waals surface area contributed by atoms with Gasteiger partial charge in [-0.15, -0.1) is 0 Å². The molecule has 8 aromatic rings. The van der Waals surface area contributed by atoms with Crippen molar-refractivity contribution in [2.45, 2.75) is 92.9 Å². The topological polar surface area (TPSA) is 105 Å². The van der Waals surface area contributed by atoms with Gasteiger partial charge in [-0.2, -0.15) is 10.2 Å². The van der Waals surface area contributed by atoms with Gasteiger partial charge in [-0.05, 0) is 124 Å². The van der Waals surface area contributed by atoms with Crippen molar-refractivity contribution in [3.8, 4) is 45.8 Å². The second kappa shape index (κ2) is 25.1. The number of pyridine rings is 2. The number of aromatic nitrogens is 6. The Bertz CT molecular complexity index is 2780. The predicted molar refractivity (Wildman–Crippen MR) is 287 cm³/mol. The molecule has 0 bridgehead atoms. The first kappa shape index (κ1) is 51.6. The minimum Gasteiger partial charge on any atom is -0.488 e. The largest absolute Gasteiger partial charge is 0.488 e. The van der Waals surface area contributed by atoms with Crippen LogP contribution in [0.5, 0.6) is 23.0 Å². The van der Waals surface area contributed by atoms with Crippen LogP contribution in [0.4, 0.5) is 0 Å². The lowest BCUT2D eigenvalue weighted by molar-refractivity contribution is 0.275. The van der Waals surface area contributed by atoms with Gasteiger partial charge in [-0.1, -0.05) is 98.4 Å². The minimum atomic E-state index is 0.315. The van der Waals surface area contributed by atoms with E-state index in [1.54, 1.807) is 21.8 Å². The summed E-state index contributed by atoms with van der Waals surface area (Å²) in [6.07, 6.45) is 15.3. The third kappa shape index (κ3) is 13.4. The van der Waals surface area contributed by atoms with Crippen LogP contribution in [0.25, 0.3) is 22.8 Å². The van der Waals surface area contributed by atoms with Crippen molar-refractivity contribution in [2.75, 3.05) is 27.2 Å². The van der Waals surface area contributed by atoms with Crippen molar-refractivity contribution in [3.05, 3.63) is 189 Å². The molecule has 4 aromatic carbocycles. The van der Waals surface area contributed by atoms with Gasteiger partial charge in [0.05, 0.1) is 10.0 Å². The van der Waals surface area contributed by atoms with Crippen LogP contribution in [0, 0.1) is 13.8 Å². The van der Waals surface area contributed by atoms with E-state index in [4.69, 9.17) is 42.1 Å². The maximum atomic E-state index is 6.99. The van der Waals surface area contributed by atoms with Crippen LogP contribution in [-0.4, -0.2) is 66.5 Å². The molecule has 8 rings (SSSR count). The Balaban J connectivity index is 0.968. The van der Waals surface area contributed by atoms with E-state index in [1.165, 1.54) is 0 Å². The van der Waals surface area contributed by atoms with Gasteiger partial charge in [-0.3, -0.25) is 0 Å². The van der Waals surface area contributed by atoms with Crippen LogP contribution < -0.4 is 18.9 Å². The van der Waals surface area contributed by atoms with E-state index in [1.807, 2.05) is 85.5 Å². The summed E-state index contributed by atoms with van der Waals surface area (Å²) in [4.78, 5) is 13.8. The van der Waals surface area contributed by atoms with Gasteiger partial charge < -0.3 is 28.7 Å². The molecule has 0 spiro atoms. The molecule has 4 aromatic heterocycles. The molecule has 374 valence electrons. The van der Waals surface area contributed by atoms with Gasteiger partial charge in [0.25, 0.3) is 0 Å². The summed E-state index contributed by atoms with van der Waals surface area (Å²) >= 11 is 14.0. The van der Waals surface area contributed by atoms with Gasteiger partial charge in [0, 0.05) is 84.7 Å². The van der Waals surface area contributed by atoms with E-state index in [-0.39, 0.29) is 0 Å². The molecule has 0 atom stereocenters. The van der Waals surface area contributed by atoms with E-state index >= 15 is 0 Å². The number of hydrogen-bond donors (Lipinski definition) is 0. The Labute approximate surface area is 434 Å². The Morgan fingerprint density at radius 3 is 1.31 bits per heavy atom. The molecular formula is C58H64Cl2N8O4. The summed E-state index contributed by atoms with van der Waals surface area (Å²) in [5.74, 6) is 4.03. The van der Waals surface area contributed by atoms with Crippen LogP contribution >= 0.6 is 23.2 Å². The molecule has 4 heterocycles. The molecule has 0 aliphatic heterocycles. The fourth-order valence-electron chi connectivity index (χ4n) is 8.46. The lowest BCUT2D eigenvalue weighted by atomic mass is 9.92. The molecule has 0 saturated heterocycles. The molecule has 0 amide bonds. The first-order chi connectivity index (χ1) is 35.1. The molecule has 0 N–H and O–H groups in total. The highest BCUT2D eigenvalue weighted by Gasteiger charge is 2.18. The average Bonchev–Trinajstić information content (AvgIpc) is 4.14. The second-order valence-corrected chi connectivity index (χ2v) is 19.1. The number of unbranched alkanes of at least 4 members (excludes halogenated alkanes) is 2. The highest BCUT2D eigenvalue weighted by molar-refractivity contribution is 6.32. The summed E-state index contributed by atoms with van der Waals surface area (Å²) in [5.41, 5.74) is 10.4. The predicted octanol–water partition coefficient (Wildman–Crippen LogP) is 13.2. The van der Waals surface area contributed by atoms with Crippen molar-refractivity contribution in [3.63, 3.8) is 0 Å². The summed E-state index contributed by atoms with van der Waals surface area (Å²) in [6.45, 7) is 13.3. The molecule has 0 aliphatic rings. The molecule has 14 heteroatoms. The highest BCUT2D eigenvalue weighted by atomic mass is 35.5. The third-order valence-corrected chi connectivity index (χ3v) is 13.3. The minimum absolute atomic E-state index is 0.315. The lowest BCUT2D eigenvalue weighted by Gasteiger charge is -2.21. The van der Waals surface area contributed by atoms with E-state index in [2.05, 4.69) is 108 Å². The standard InChI is InChI=1S/C58H64Cl2N8O4/c1-7-9-25-65(5)35-47-29-51(59)55(31-53(47)69-37-43-19-21-57(61-33-43)67-27-13-23-63-67)71-39-45-15-11-17-49(41(45)3)50-18-12-16-46(42(50)4)40-72-56-32-54(48(30-52(56)60)36-66(6)26-10-8-2)70-38-44-20-22-58(62-34-44)68-28-14-24-64-68/h11-24,27-34H,7-10,25-26,35-40H2,1-6H3. The summed E-state index contributed by atoms with van der Waals surface area (Å²) in [7, 11) is 4.24. The van der Waals surface area contributed by atoms with Gasteiger partial charge >= 0.3 is 0 Å².